The van der Waals surface area contributed by atoms with E-state index in [-0.39, 0.29) is 10.6 Å². The Bertz CT molecular complexity index is 836. The van der Waals surface area contributed by atoms with Crippen LogP contribution in [-0.4, -0.2) is 27.9 Å². The van der Waals surface area contributed by atoms with Crippen molar-refractivity contribution in [3.8, 4) is 0 Å². The lowest BCUT2D eigenvalue weighted by atomic mass is 10.1. The first kappa shape index (κ1) is 15.6. The Labute approximate surface area is 131 Å². The summed E-state index contributed by atoms with van der Waals surface area (Å²) in [7, 11) is -4.24. The number of benzene rings is 2. The standard InChI is InChI=1S/C14H12N2O6S/c17-13-11-3-1-2-4-12(11)14(18)15(13)23(21,22)10-7-5-9(6-8-10)16(19)20/h1-8,13-14,17-18H. The molecule has 0 spiro atoms. The van der Waals surface area contributed by atoms with E-state index in [9.17, 15) is 28.7 Å². The number of aliphatic hydroxyl groups excluding tert-OH is 2. The average Bonchev–Trinajstić information content (AvgIpc) is 2.80. The van der Waals surface area contributed by atoms with Gasteiger partial charge in [0.15, 0.2) is 0 Å². The third kappa shape index (κ3) is 2.39. The van der Waals surface area contributed by atoms with Gasteiger partial charge in [0.05, 0.1) is 9.82 Å². The minimum absolute atomic E-state index is 0.255. The van der Waals surface area contributed by atoms with Crippen LogP contribution in [0.4, 0.5) is 5.69 Å². The number of hydrogen-bond acceptors (Lipinski definition) is 6. The molecule has 0 bridgehead atoms. The van der Waals surface area contributed by atoms with E-state index in [1.54, 1.807) is 12.1 Å². The summed E-state index contributed by atoms with van der Waals surface area (Å²) in [5, 5.41) is 31.1. The summed E-state index contributed by atoms with van der Waals surface area (Å²) in [6, 6.07) is 10.5. The lowest BCUT2D eigenvalue weighted by Crippen LogP contribution is -2.33. The van der Waals surface area contributed by atoms with Gasteiger partial charge in [-0.2, -0.15) is 0 Å². The van der Waals surface area contributed by atoms with E-state index in [0.717, 1.165) is 24.3 Å². The number of nitrogens with zero attached hydrogens (tertiary/aromatic N) is 2. The zero-order chi connectivity index (χ0) is 16.8. The zero-order valence-electron chi connectivity index (χ0n) is 11.6. The highest BCUT2D eigenvalue weighted by atomic mass is 32.2. The van der Waals surface area contributed by atoms with Gasteiger partial charge < -0.3 is 10.2 Å². The average molecular weight is 336 g/mol. The third-order valence-electron chi connectivity index (χ3n) is 3.66. The van der Waals surface area contributed by atoms with Gasteiger partial charge in [-0.1, -0.05) is 24.3 Å². The highest BCUT2D eigenvalue weighted by Crippen LogP contribution is 2.42. The van der Waals surface area contributed by atoms with E-state index in [1.165, 1.54) is 12.1 Å². The minimum Gasteiger partial charge on any atom is -0.373 e. The largest absolute Gasteiger partial charge is 0.373 e. The molecule has 0 saturated carbocycles. The number of aliphatic hydroxyl groups is 2. The van der Waals surface area contributed by atoms with Crippen molar-refractivity contribution >= 4 is 15.7 Å². The first-order chi connectivity index (χ1) is 10.8. The van der Waals surface area contributed by atoms with E-state index in [4.69, 9.17) is 0 Å². The van der Waals surface area contributed by atoms with Gasteiger partial charge in [-0.05, 0) is 12.1 Å². The highest BCUT2D eigenvalue weighted by Gasteiger charge is 2.44. The maximum Gasteiger partial charge on any atom is 0.269 e. The normalized spacial score (nSPS) is 21.1. The topological polar surface area (TPSA) is 121 Å². The number of rotatable bonds is 3. The first-order valence-corrected chi connectivity index (χ1v) is 8.01. The Balaban J connectivity index is 2.02. The number of nitro groups is 1. The molecule has 3 rings (SSSR count). The molecule has 8 nitrogen and oxygen atoms in total. The van der Waals surface area contributed by atoms with Crippen LogP contribution in [0.25, 0.3) is 0 Å². The van der Waals surface area contributed by atoms with Gasteiger partial charge in [-0.15, -0.1) is 4.31 Å². The van der Waals surface area contributed by atoms with Crippen LogP contribution in [0, 0.1) is 10.1 Å². The molecule has 2 aromatic carbocycles. The Morgan fingerprint density at radius 1 is 0.957 bits per heavy atom. The molecule has 1 aliphatic heterocycles. The van der Waals surface area contributed by atoms with Gasteiger partial charge in [0, 0.05) is 23.3 Å². The fraction of sp³-hybridized carbons (Fsp3) is 0.143. The molecule has 120 valence electrons. The third-order valence-corrected chi connectivity index (χ3v) is 5.48. The van der Waals surface area contributed by atoms with Gasteiger partial charge in [-0.3, -0.25) is 10.1 Å². The van der Waals surface area contributed by atoms with Crippen molar-refractivity contribution in [2.24, 2.45) is 0 Å². The maximum atomic E-state index is 12.6. The highest BCUT2D eigenvalue weighted by molar-refractivity contribution is 7.89. The van der Waals surface area contributed by atoms with Gasteiger partial charge in [-0.25, -0.2) is 8.42 Å². The number of sulfonamides is 1. The van der Waals surface area contributed by atoms with Gasteiger partial charge >= 0.3 is 0 Å². The Morgan fingerprint density at radius 3 is 1.87 bits per heavy atom. The van der Waals surface area contributed by atoms with Crippen LogP contribution >= 0.6 is 0 Å². The molecule has 1 heterocycles. The van der Waals surface area contributed by atoms with Crippen molar-refractivity contribution in [2.75, 3.05) is 0 Å². The van der Waals surface area contributed by atoms with Crippen molar-refractivity contribution in [1.29, 1.82) is 0 Å². The maximum absolute atomic E-state index is 12.6. The summed E-state index contributed by atoms with van der Waals surface area (Å²) in [4.78, 5) is 9.73. The minimum atomic E-state index is -4.24. The fourth-order valence-corrected chi connectivity index (χ4v) is 3.99. The molecule has 2 unspecified atom stereocenters. The van der Waals surface area contributed by atoms with Crippen LogP contribution in [0.3, 0.4) is 0 Å². The van der Waals surface area contributed by atoms with Crippen LogP contribution in [0.2, 0.25) is 0 Å². The second-order valence-electron chi connectivity index (χ2n) is 4.96. The van der Waals surface area contributed by atoms with Crippen molar-refractivity contribution in [3.05, 3.63) is 69.8 Å². The van der Waals surface area contributed by atoms with E-state index < -0.39 is 27.4 Å². The van der Waals surface area contributed by atoms with E-state index in [1.807, 2.05) is 0 Å². The number of nitro benzene ring substituents is 1. The van der Waals surface area contributed by atoms with Gasteiger partial charge in [0.25, 0.3) is 5.69 Å². The molecule has 2 atom stereocenters. The fourth-order valence-electron chi connectivity index (χ4n) is 2.51. The summed E-state index contributed by atoms with van der Waals surface area (Å²) < 4.78 is 25.9. The number of fused-ring (bicyclic) bond motifs is 1. The lowest BCUT2D eigenvalue weighted by Gasteiger charge is -2.23. The predicted octanol–water partition coefficient (Wildman–Crippen LogP) is 1.28. The number of non-ortho nitro benzene ring substituents is 1. The monoisotopic (exact) mass is 336 g/mol. The number of hydrogen-bond donors (Lipinski definition) is 2. The SMILES string of the molecule is O=[N+]([O-])c1ccc(S(=O)(=O)N2C(O)c3ccccc3C2O)cc1. The molecule has 1 aliphatic rings. The molecule has 0 aliphatic carbocycles. The van der Waals surface area contributed by atoms with Gasteiger partial charge in [0.1, 0.15) is 12.5 Å². The summed E-state index contributed by atoms with van der Waals surface area (Å²) in [5.74, 6) is 0. The van der Waals surface area contributed by atoms with Crippen molar-refractivity contribution < 1.29 is 23.6 Å². The quantitative estimate of drug-likeness (QED) is 0.643. The van der Waals surface area contributed by atoms with E-state index >= 15 is 0 Å². The summed E-state index contributed by atoms with van der Waals surface area (Å²) in [6.07, 6.45) is -3.05. The second-order valence-corrected chi connectivity index (χ2v) is 6.81. The first-order valence-electron chi connectivity index (χ1n) is 6.57. The van der Waals surface area contributed by atoms with Crippen molar-refractivity contribution in [2.45, 2.75) is 17.4 Å². The molecule has 0 fully saturated rings. The molecule has 0 radical (unpaired) electrons. The van der Waals surface area contributed by atoms with Crippen LogP contribution in [0.15, 0.2) is 53.4 Å². The van der Waals surface area contributed by atoms with E-state index in [0.29, 0.717) is 15.4 Å². The molecular formula is C14H12N2O6S. The van der Waals surface area contributed by atoms with Gasteiger partial charge in [0.2, 0.25) is 10.0 Å². The molecular weight excluding hydrogens is 324 g/mol. The Hall–Kier alpha value is -2.33. The van der Waals surface area contributed by atoms with Crippen molar-refractivity contribution in [3.63, 3.8) is 0 Å². The Kier molecular flexibility index (Phi) is 3.65. The smallest absolute Gasteiger partial charge is 0.269 e. The van der Waals surface area contributed by atoms with E-state index in [2.05, 4.69) is 0 Å². The molecule has 9 heteroatoms. The molecule has 0 aromatic heterocycles. The molecule has 2 aromatic rings. The lowest BCUT2D eigenvalue weighted by molar-refractivity contribution is -0.384. The molecule has 0 saturated heterocycles. The molecule has 2 N–H and O–H groups in total. The Morgan fingerprint density at radius 2 is 1.43 bits per heavy atom. The van der Waals surface area contributed by atoms with Crippen molar-refractivity contribution in [1.82, 2.24) is 4.31 Å². The van der Waals surface area contributed by atoms with Crippen LogP contribution < -0.4 is 0 Å². The molecule has 0 amide bonds. The zero-order valence-corrected chi connectivity index (χ0v) is 12.4. The van der Waals surface area contributed by atoms with Crippen LogP contribution in [0.1, 0.15) is 23.6 Å². The summed E-state index contributed by atoms with van der Waals surface area (Å²) in [5.41, 5.74) is 0.339. The van der Waals surface area contributed by atoms with Crippen LogP contribution in [0.5, 0.6) is 0 Å². The predicted molar refractivity (Wildman–Crippen MR) is 78.5 cm³/mol. The summed E-state index contributed by atoms with van der Waals surface area (Å²) >= 11 is 0. The summed E-state index contributed by atoms with van der Waals surface area (Å²) in [6.45, 7) is 0. The van der Waals surface area contributed by atoms with Crippen LogP contribution in [-0.2, 0) is 10.0 Å². The molecule has 23 heavy (non-hydrogen) atoms. The second kappa shape index (κ2) is 5.39.